The van der Waals surface area contributed by atoms with Crippen LogP contribution in [0.2, 0.25) is 0 Å². The Bertz CT molecular complexity index is 728. The van der Waals surface area contributed by atoms with E-state index in [1.807, 2.05) is 42.9 Å². The molecule has 1 aromatic carbocycles. The molecule has 0 spiro atoms. The summed E-state index contributed by atoms with van der Waals surface area (Å²) in [4.78, 5) is 8.52. The minimum absolute atomic E-state index is 0.402. The summed E-state index contributed by atoms with van der Waals surface area (Å²) in [6.45, 7) is 1.99. The summed E-state index contributed by atoms with van der Waals surface area (Å²) in [6, 6.07) is 5.69. The highest BCUT2D eigenvalue weighted by Gasteiger charge is 2.15. The number of hydrogen-bond acceptors (Lipinski definition) is 5. The number of aromatic nitrogens is 4. The van der Waals surface area contributed by atoms with Crippen LogP contribution in [0.4, 0.5) is 5.69 Å². The number of benzene rings is 1. The molecule has 0 aliphatic heterocycles. The molecule has 0 radical (unpaired) electrons. The van der Waals surface area contributed by atoms with Gasteiger partial charge in [0.15, 0.2) is 5.82 Å². The highest BCUT2D eigenvalue weighted by Crippen LogP contribution is 2.27. The number of nitrogen functional groups attached to an aromatic ring is 1. The van der Waals surface area contributed by atoms with Crippen molar-refractivity contribution in [2.45, 2.75) is 6.92 Å². The molecule has 0 aliphatic carbocycles. The third-order valence-electron chi connectivity index (χ3n) is 2.89. The average molecular weight is 255 g/mol. The standard InChI is InChI=1S/C13H13N5O/c1-8-3-4-10(14)9(7-8)13-16-11(17-19-13)12-15-5-6-18(12)2/h3-7H,14H2,1-2H3. The quantitative estimate of drug-likeness (QED) is 0.708. The molecule has 3 rings (SSSR count). The van der Waals surface area contributed by atoms with Crippen LogP contribution in [0, 0.1) is 6.92 Å². The zero-order chi connectivity index (χ0) is 13.4. The smallest absolute Gasteiger partial charge is 0.260 e. The fourth-order valence-electron chi connectivity index (χ4n) is 1.86. The lowest BCUT2D eigenvalue weighted by Gasteiger charge is -2.01. The van der Waals surface area contributed by atoms with Gasteiger partial charge in [0.2, 0.25) is 5.82 Å². The van der Waals surface area contributed by atoms with Gasteiger partial charge in [0.1, 0.15) is 0 Å². The number of imidazole rings is 1. The van der Waals surface area contributed by atoms with Gasteiger partial charge < -0.3 is 14.8 Å². The predicted molar refractivity (Wildman–Crippen MR) is 71.1 cm³/mol. The molecule has 96 valence electrons. The van der Waals surface area contributed by atoms with Crippen molar-refractivity contribution in [3.8, 4) is 23.1 Å². The van der Waals surface area contributed by atoms with Gasteiger partial charge in [0, 0.05) is 25.1 Å². The van der Waals surface area contributed by atoms with E-state index < -0.39 is 0 Å². The molecule has 0 amide bonds. The number of nitrogens with zero attached hydrogens (tertiary/aromatic N) is 4. The molecular weight excluding hydrogens is 242 g/mol. The SMILES string of the molecule is Cc1ccc(N)c(-c2nc(-c3nccn3C)no2)c1. The van der Waals surface area contributed by atoms with Gasteiger partial charge in [-0.1, -0.05) is 16.8 Å². The Balaban J connectivity index is 2.06. The Morgan fingerprint density at radius 3 is 2.89 bits per heavy atom. The first kappa shape index (κ1) is 11.5. The Morgan fingerprint density at radius 2 is 2.16 bits per heavy atom. The van der Waals surface area contributed by atoms with Crippen LogP contribution in [0.5, 0.6) is 0 Å². The molecule has 0 saturated heterocycles. The van der Waals surface area contributed by atoms with E-state index in [4.69, 9.17) is 10.3 Å². The van der Waals surface area contributed by atoms with E-state index in [-0.39, 0.29) is 0 Å². The molecule has 19 heavy (non-hydrogen) atoms. The second-order valence-corrected chi connectivity index (χ2v) is 4.38. The first-order chi connectivity index (χ1) is 9.15. The highest BCUT2D eigenvalue weighted by molar-refractivity contribution is 5.71. The van der Waals surface area contributed by atoms with E-state index in [1.54, 1.807) is 6.20 Å². The van der Waals surface area contributed by atoms with Crippen LogP contribution in [0.3, 0.4) is 0 Å². The number of aryl methyl sites for hydroxylation is 2. The van der Waals surface area contributed by atoms with Crippen LogP contribution in [0.15, 0.2) is 35.1 Å². The van der Waals surface area contributed by atoms with Crippen molar-refractivity contribution in [3.63, 3.8) is 0 Å². The van der Waals surface area contributed by atoms with E-state index in [0.29, 0.717) is 23.2 Å². The van der Waals surface area contributed by atoms with Gasteiger partial charge in [-0.15, -0.1) is 0 Å². The van der Waals surface area contributed by atoms with Gasteiger partial charge in [-0.2, -0.15) is 4.98 Å². The Kier molecular flexibility index (Phi) is 2.56. The average Bonchev–Trinajstić information content (AvgIpc) is 3.00. The van der Waals surface area contributed by atoms with Crippen molar-refractivity contribution in [2.24, 2.45) is 7.05 Å². The van der Waals surface area contributed by atoms with E-state index in [9.17, 15) is 0 Å². The van der Waals surface area contributed by atoms with Crippen LogP contribution < -0.4 is 5.73 Å². The van der Waals surface area contributed by atoms with Crippen molar-refractivity contribution < 1.29 is 4.52 Å². The third kappa shape index (κ3) is 1.97. The maximum absolute atomic E-state index is 5.93. The van der Waals surface area contributed by atoms with Gasteiger partial charge in [0.25, 0.3) is 5.89 Å². The number of nitrogens with two attached hydrogens (primary N) is 1. The van der Waals surface area contributed by atoms with Crippen LogP contribution in [0.25, 0.3) is 23.1 Å². The topological polar surface area (TPSA) is 82.8 Å². The monoisotopic (exact) mass is 255 g/mol. The lowest BCUT2D eigenvalue weighted by atomic mass is 10.1. The van der Waals surface area contributed by atoms with E-state index >= 15 is 0 Å². The van der Waals surface area contributed by atoms with Crippen molar-refractivity contribution in [2.75, 3.05) is 5.73 Å². The minimum atomic E-state index is 0.402. The molecular formula is C13H13N5O. The predicted octanol–water partition coefficient (Wildman–Crippen LogP) is 2.03. The zero-order valence-corrected chi connectivity index (χ0v) is 10.7. The number of anilines is 1. The summed E-state index contributed by atoms with van der Waals surface area (Å²) < 4.78 is 7.10. The molecule has 2 heterocycles. The van der Waals surface area contributed by atoms with E-state index in [2.05, 4.69) is 15.1 Å². The van der Waals surface area contributed by atoms with Crippen LogP contribution in [-0.4, -0.2) is 19.7 Å². The largest absolute Gasteiger partial charge is 0.398 e. The zero-order valence-electron chi connectivity index (χ0n) is 10.7. The molecule has 0 aliphatic rings. The maximum atomic E-state index is 5.93. The summed E-state index contributed by atoms with van der Waals surface area (Å²) in [5, 5.41) is 3.94. The van der Waals surface area contributed by atoms with Crippen LogP contribution in [-0.2, 0) is 7.05 Å². The van der Waals surface area contributed by atoms with Crippen molar-refractivity contribution in [1.82, 2.24) is 19.7 Å². The van der Waals surface area contributed by atoms with Gasteiger partial charge in [0.05, 0.1) is 5.56 Å². The number of rotatable bonds is 2. The first-order valence-electron chi connectivity index (χ1n) is 5.83. The Morgan fingerprint density at radius 1 is 1.32 bits per heavy atom. The molecule has 6 nitrogen and oxygen atoms in total. The summed E-state index contributed by atoms with van der Waals surface area (Å²) in [5.74, 6) is 1.50. The van der Waals surface area contributed by atoms with Gasteiger partial charge >= 0.3 is 0 Å². The van der Waals surface area contributed by atoms with Crippen molar-refractivity contribution in [1.29, 1.82) is 0 Å². The molecule has 6 heteroatoms. The molecule has 0 atom stereocenters. The van der Waals surface area contributed by atoms with Gasteiger partial charge in [-0.3, -0.25) is 0 Å². The van der Waals surface area contributed by atoms with E-state index in [1.165, 1.54) is 0 Å². The Labute approximate surface area is 109 Å². The maximum Gasteiger partial charge on any atom is 0.260 e. The summed E-state index contributed by atoms with van der Waals surface area (Å²) in [6.07, 6.45) is 3.51. The molecule has 0 unspecified atom stereocenters. The molecule has 0 saturated carbocycles. The van der Waals surface area contributed by atoms with Crippen LogP contribution in [0.1, 0.15) is 5.56 Å². The molecule has 3 aromatic rings. The van der Waals surface area contributed by atoms with Crippen LogP contribution >= 0.6 is 0 Å². The second kappa shape index (κ2) is 4.24. The van der Waals surface area contributed by atoms with E-state index in [0.717, 1.165) is 11.1 Å². The lowest BCUT2D eigenvalue weighted by Crippen LogP contribution is -1.93. The fraction of sp³-hybridized carbons (Fsp3) is 0.154. The molecule has 0 fully saturated rings. The second-order valence-electron chi connectivity index (χ2n) is 4.38. The molecule has 0 bridgehead atoms. The Hall–Kier alpha value is -2.63. The number of hydrogen-bond donors (Lipinski definition) is 1. The summed E-state index contributed by atoms with van der Waals surface area (Å²) >= 11 is 0. The first-order valence-corrected chi connectivity index (χ1v) is 5.83. The normalized spacial score (nSPS) is 10.8. The molecule has 2 N–H and O–H groups in total. The van der Waals surface area contributed by atoms with Crippen molar-refractivity contribution in [3.05, 3.63) is 36.2 Å². The minimum Gasteiger partial charge on any atom is -0.398 e. The third-order valence-corrected chi connectivity index (χ3v) is 2.89. The lowest BCUT2D eigenvalue weighted by molar-refractivity contribution is 0.432. The van der Waals surface area contributed by atoms with Gasteiger partial charge in [-0.25, -0.2) is 4.98 Å². The molecule has 2 aromatic heterocycles. The van der Waals surface area contributed by atoms with Gasteiger partial charge in [-0.05, 0) is 19.1 Å². The highest BCUT2D eigenvalue weighted by atomic mass is 16.5. The summed E-state index contributed by atoms with van der Waals surface area (Å²) in [5.41, 5.74) is 8.37. The van der Waals surface area contributed by atoms with Crippen molar-refractivity contribution >= 4 is 5.69 Å². The fourth-order valence-corrected chi connectivity index (χ4v) is 1.86. The summed E-state index contributed by atoms with van der Waals surface area (Å²) in [7, 11) is 1.87.